The molecule has 1 aromatic rings. The summed E-state index contributed by atoms with van der Waals surface area (Å²) in [5.74, 6) is -2.40. The van der Waals surface area contributed by atoms with Crippen molar-refractivity contribution in [3.63, 3.8) is 0 Å². The van der Waals surface area contributed by atoms with Crippen molar-refractivity contribution < 1.29 is 32.6 Å². The van der Waals surface area contributed by atoms with E-state index in [0.29, 0.717) is 38.4 Å². The lowest BCUT2D eigenvalue weighted by Gasteiger charge is -2.37. The van der Waals surface area contributed by atoms with Gasteiger partial charge in [-0.15, -0.1) is 0 Å². The molecule has 0 bridgehead atoms. The van der Waals surface area contributed by atoms with E-state index in [1.807, 2.05) is 9.80 Å². The Bertz CT molecular complexity index is 771. The lowest BCUT2D eigenvalue weighted by Crippen LogP contribution is -2.50. The number of amides is 1. The molecule has 1 N–H and O–H groups in total. The van der Waals surface area contributed by atoms with Gasteiger partial charge in [0.15, 0.2) is 0 Å². The number of carbonyl (C=O) groups excluding carboxylic acids is 1. The van der Waals surface area contributed by atoms with Crippen LogP contribution in [0.3, 0.4) is 0 Å². The molecular weight excluding hydrogens is 403 g/mol. The van der Waals surface area contributed by atoms with Gasteiger partial charge in [0.1, 0.15) is 0 Å². The van der Waals surface area contributed by atoms with E-state index in [2.05, 4.69) is 0 Å². The Kier molecular flexibility index (Phi) is 6.87. The minimum atomic E-state index is -4.42. The first-order valence-corrected chi connectivity index (χ1v) is 9.91. The molecule has 30 heavy (non-hydrogen) atoms. The number of carbonyl (C=O) groups is 2. The highest BCUT2D eigenvalue weighted by atomic mass is 19.4. The highest BCUT2D eigenvalue weighted by molar-refractivity contribution is 6.31. The van der Waals surface area contributed by atoms with Gasteiger partial charge in [-0.2, -0.15) is 13.2 Å². The van der Waals surface area contributed by atoms with Crippen molar-refractivity contribution in [2.45, 2.75) is 31.7 Å². The van der Waals surface area contributed by atoms with E-state index in [9.17, 15) is 22.8 Å². The van der Waals surface area contributed by atoms with Crippen molar-refractivity contribution in [3.05, 3.63) is 29.3 Å². The fourth-order valence-corrected chi connectivity index (χ4v) is 3.99. The number of hydrogen-bond donors (Lipinski definition) is 1. The maximum atomic E-state index is 13.3. The van der Waals surface area contributed by atoms with E-state index >= 15 is 0 Å². The van der Waals surface area contributed by atoms with Crippen LogP contribution in [0.15, 0.2) is 18.2 Å². The summed E-state index contributed by atoms with van der Waals surface area (Å²) in [6.07, 6.45) is -2.79. The molecule has 7 nitrogen and oxygen atoms in total. The molecule has 0 unspecified atom stereocenters. The van der Waals surface area contributed by atoms with Gasteiger partial charge in [-0.25, -0.2) is 4.79 Å². The number of anilines is 1. The van der Waals surface area contributed by atoms with Gasteiger partial charge in [-0.05, 0) is 30.5 Å². The van der Waals surface area contributed by atoms with Crippen LogP contribution in [0.1, 0.15) is 24.0 Å². The molecule has 2 heterocycles. The zero-order valence-corrected chi connectivity index (χ0v) is 16.8. The Morgan fingerprint density at radius 3 is 2.27 bits per heavy atom. The van der Waals surface area contributed by atoms with Gasteiger partial charge in [-0.1, -0.05) is 6.07 Å². The SMILES string of the molecule is COC1CCN(c2cc(C(F)(F)F)ccc2CN2CCN(C(=O)C(=O)O)CC2)CC1. The lowest BCUT2D eigenvalue weighted by molar-refractivity contribution is -0.156. The van der Waals surface area contributed by atoms with E-state index < -0.39 is 23.6 Å². The maximum Gasteiger partial charge on any atom is 0.416 e. The first-order valence-electron chi connectivity index (χ1n) is 9.91. The number of carboxylic acid groups (broad SMARTS) is 1. The maximum absolute atomic E-state index is 13.3. The summed E-state index contributed by atoms with van der Waals surface area (Å²) in [5, 5.41) is 8.83. The molecule has 1 amide bonds. The number of piperazine rings is 1. The first-order chi connectivity index (χ1) is 14.2. The van der Waals surface area contributed by atoms with Crippen LogP contribution in [0.2, 0.25) is 0 Å². The number of aliphatic carboxylic acids is 1. The molecule has 0 radical (unpaired) electrons. The number of ether oxygens (including phenoxy) is 1. The quantitative estimate of drug-likeness (QED) is 0.739. The summed E-state index contributed by atoms with van der Waals surface area (Å²) in [6, 6.07) is 3.84. The van der Waals surface area contributed by atoms with Crippen molar-refractivity contribution >= 4 is 17.6 Å². The molecule has 3 rings (SSSR count). The monoisotopic (exact) mass is 429 g/mol. The second-order valence-electron chi connectivity index (χ2n) is 7.64. The molecule has 0 saturated carbocycles. The van der Waals surface area contributed by atoms with E-state index in [1.54, 1.807) is 7.11 Å². The Morgan fingerprint density at radius 1 is 1.10 bits per heavy atom. The number of piperidine rings is 1. The highest BCUT2D eigenvalue weighted by Gasteiger charge is 2.33. The third-order valence-electron chi connectivity index (χ3n) is 5.77. The van der Waals surface area contributed by atoms with Gasteiger partial charge in [0.05, 0.1) is 11.7 Å². The van der Waals surface area contributed by atoms with E-state index in [0.717, 1.165) is 24.5 Å². The second kappa shape index (κ2) is 9.22. The van der Waals surface area contributed by atoms with Crippen LogP contribution in [0.5, 0.6) is 0 Å². The molecule has 2 aliphatic heterocycles. The van der Waals surface area contributed by atoms with Crippen LogP contribution in [-0.2, 0) is 27.0 Å². The Balaban J connectivity index is 1.74. The summed E-state index contributed by atoms with van der Waals surface area (Å²) < 4.78 is 45.2. The van der Waals surface area contributed by atoms with Gasteiger partial charge >= 0.3 is 18.1 Å². The predicted octanol–water partition coefficient (Wildman–Crippen LogP) is 2.05. The molecule has 0 aliphatic carbocycles. The summed E-state index contributed by atoms with van der Waals surface area (Å²) in [5.41, 5.74) is 0.687. The zero-order chi connectivity index (χ0) is 21.9. The lowest BCUT2D eigenvalue weighted by atomic mass is 10.0. The van der Waals surface area contributed by atoms with Gasteiger partial charge in [0.25, 0.3) is 0 Å². The van der Waals surface area contributed by atoms with Gasteiger partial charge < -0.3 is 19.6 Å². The van der Waals surface area contributed by atoms with E-state index in [-0.39, 0.29) is 19.2 Å². The van der Waals surface area contributed by atoms with Gasteiger partial charge in [-0.3, -0.25) is 9.69 Å². The molecule has 0 aromatic heterocycles. The summed E-state index contributed by atoms with van der Waals surface area (Å²) in [6.45, 7) is 3.16. The molecular formula is C20H26F3N3O4. The van der Waals surface area contributed by atoms with Crippen molar-refractivity contribution in [3.8, 4) is 0 Å². The number of alkyl halides is 3. The standard InChI is InChI=1S/C20H26F3N3O4/c1-30-16-4-6-25(7-5-16)17-12-15(20(21,22)23)3-2-14(17)13-24-8-10-26(11-9-24)18(27)19(28)29/h2-3,12,16H,4-11,13H2,1H3,(H,28,29). The van der Waals surface area contributed by atoms with Crippen LogP contribution in [0.25, 0.3) is 0 Å². The Labute approximate surface area is 173 Å². The minimum absolute atomic E-state index is 0.121. The van der Waals surface area contributed by atoms with Crippen molar-refractivity contribution in [1.29, 1.82) is 0 Å². The number of methoxy groups -OCH3 is 1. The highest BCUT2D eigenvalue weighted by Crippen LogP contribution is 2.35. The molecule has 1 aromatic carbocycles. The van der Waals surface area contributed by atoms with Gasteiger partial charge in [0.2, 0.25) is 0 Å². The van der Waals surface area contributed by atoms with Crippen LogP contribution >= 0.6 is 0 Å². The smallest absolute Gasteiger partial charge is 0.416 e. The number of rotatable bonds is 4. The van der Waals surface area contributed by atoms with E-state index in [4.69, 9.17) is 9.84 Å². The topological polar surface area (TPSA) is 73.3 Å². The largest absolute Gasteiger partial charge is 0.474 e. The summed E-state index contributed by atoms with van der Waals surface area (Å²) in [7, 11) is 1.64. The Morgan fingerprint density at radius 2 is 1.73 bits per heavy atom. The van der Waals surface area contributed by atoms with Gasteiger partial charge in [0, 0.05) is 58.6 Å². The zero-order valence-electron chi connectivity index (χ0n) is 16.8. The fourth-order valence-electron chi connectivity index (χ4n) is 3.99. The van der Waals surface area contributed by atoms with Crippen LogP contribution < -0.4 is 4.90 Å². The Hall–Kier alpha value is -2.33. The third kappa shape index (κ3) is 5.23. The normalized spacial score (nSPS) is 19.2. The number of nitrogens with zero attached hydrogens (tertiary/aromatic N) is 3. The second-order valence-corrected chi connectivity index (χ2v) is 7.64. The fraction of sp³-hybridized carbons (Fsp3) is 0.600. The average molecular weight is 429 g/mol. The molecule has 2 aliphatic rings. The molecule has 10 heteroatoms. The molecule has 166 valence electrons. The average Bonchev–Trinajstić information content (AvgIpc) is 2.73. The molecule has 0 atom stereocenters. The molecule has 0 spiro atoms. The van der Waals surface area contributed by atoms with Crippen molar-refractivity contribution in [2.24, 2.45) is 0 Å². The number of carboxylic acids is 1. The number of hydrogen-bond acceptors (Lipinski definition) is 5. The third-order valence-corrected chi connectivity index (χ3v) is 5.77. The van der Waals surface area contributed by atoms with Crippen LogP contribution in [0, 0.1) is 0 Å². The predicted molar refractivity (Wildman–Crippen MR) is 103 cm³/mol. The summed E-state index contributed by atoms with van der Waals surface area (Å²) in [4.78, 5) is 27.7. The summed E-state index contributed by atoms with van der Waals surface area (Å²) >= 11 is 0. The van der Waals surface area contributed by atoms with Crippen LogP contribution in [-0.4, -0.2) is 79.3 Å². The van der Waals surface area contributed by atoms with E-state index in [1.165, 1.54) is 17.0 Å². The van der Waals surface area contributed by atoms with Crippen molar-refractivity contribution in [2.75, 3.05) is 51.3 Å². The van der Waals surface area contributed by atoms with Crippen LogP contribution in [0.4, 0.5) is 18.9 Å². The van der Waals surface area contributed by atoms with Crippen molar-refractivity contribution in [1.82, 2.24) is 9.80 Å². The molecule has 2 fully saturated rings. The first kappa shape index (κ1) is 22.4. The molecule has 2 saturated heterocycles. The number of benzene rings is 1. The minimum Gasteiger partial charge on any atom is -0.474 e. The number of halogens is 3.